The highest BCUT2D eigenvalue weighted by atomic mass is 16.6. The molecule has 172 valence electrons. The molecule has 0 saturated carbocycles. The lowest BCUT2D eigenvalue weighted by Gasteiger charge is -2.09. The van der Waals surface area contributed by atoms with Crippen LogP contribution >= 0.6 is 0 Å². The molecule has 0 bridgehead atoms. The van der Waals surface area contributed by atoms with Crippen molar-refractivity contribution in [2.75, 3.05) is 26.9 Å². The third-order valence-corrected chi connectivity index (χ3v) is 4.81. The van der Waals surface area contributed by atoms with Crippen LogP contribution in [0.4, 0.5) is 5.69 Å². The molecule has 32 heavy (non-hydrogen) atoms. The lowest BCUT2D eigenvalue weighted by molar-refractivity contribution is -0.384. The molecule has 2 rings (SSSR count). The van der Waals surface area contributed by atoms with Gasteiger partial charge in [-0.1, -0.05) is 0 Å². The van der Waals surface area contributed by atoms with Gasteiger partial charge in [-0.15, -0.1) is 0 Å². The molecule has 1 heterocycles. The van der Waals surface area contributed by atoms with Gasteiger partial charge in [-0.3, -0.25) is 14.9 Å². The van der Waals surface area contributed by atoms with Crippen molar-refractivity contribution in [2.45, 2.75) is 33.7 Å². The van der Waals surface area contributed by atoms with Gasteiger partial charge in [-0.05, 0) is 39.3 Å². The summed E-state index contributed by atoms with van der Waals surface area (Å²) >= 11 is 0. The number of nitrogens with zero attached hydrogens (tertiary/aromatic N) is 2. The summed E-state index contributed by atoms with van der Waals surface area (Å²) in [5, 5.41) is 11.2. The van der Waals surface area contributed by atoms with Gasteiger partial charge in [0.15, 0.2) is 6.61 Å². The Hall–Kier alpha value is -3.53. The second-order valence-corrected chi connectivity index (χ2v) is 7.03. The van der Waals surface area contributed by atoms with Gasteiger partial charge in [-0.25, -0.2) is 9.59 Å². The summed E-state index contributed by atoms with van der Waals surface area (Å²) in [7, 11) is 1.62. The number of hydrogen-bond donors (Lipinski definition) is 0. The number of Topliss-reactive ketones (excluding diaryl/α,β-unsaturated/α-hetero) is 1. The van der Waals surface area contributed by atoms with E-state index in [1.54, 1.807) is 27.0 Å². The largest absolute Gasteiger partial charge is 0.462 e. The number of non-ortho nitro benzene ring substituents is 1. The van der Waals surface area contributed by atoms with Crippen molar-refractivity contribution in [1.82, 2.24) is 4.57 Å². The zero-order valence-electron chi connectivity index (χ0n) is 18.5. The second-order valence-electron chi connectivity index (χ2n) is 7.03. The molecule has 0 aliphatic heterocycles. The number of rotatable bonds is 11. The molecule has 1 aromatic heterocycles. The summed E-state index contributed by atoms with van der Waals surface area (Å²) in [5.74, 6) is -2.16. The number of aromatic nitrogens is 1. The molecule has 0 N–H and O–H groups in total. The van der Waals surface area contributed by atoms with Crippen molar-refractivity contribution >= 4 is 23.4 Å². The van der Waals surface area contributed by atoms with E-state index in [0.717, 1.165) is 36.0 Å². The van der Waals surface area contributed by atoms with Gasteiger partial charge in [0.25, 0.3) is 5.69 Å². The van der Waals surface area contributed by atoms with Gasteiger partial charge in [-0.2, -0.15) is 0 Å². The average Bonchev–Trinajstić information content (AvgIpc) is 3.05. The van der Waals surface area contributed by atoms with Crippen molar-refractivity contribution in [3.63, 3.8) is 0 Å². The molecule has 10 heteroatoms. The minimum atomic E-state index is -0.957. The van der Waals surface area contributed by atoms with Crippen molar-refractivity contribution in [3.05, 3.63) is 62.5 Å². The number of benzene rings is 1. The monoisotopic (exact) mass is 446 g/mol. The maximum atomic E-state index is 12.6. The molecule has 2 aromatic rings. The molecule has 0 aliphatic rings. The molecular weight excluding hydrogens is 420 g/mol. The van der Waals surface area contributed by atoms with Crippen LogP contribution in [-0.4, -0.2) is 54.1 Å². The van der Waals surface area contributed by atoms with Crippen LogP contribution in [0.5, 0.6) is 0 Å². The first-order valence-corrected chi connectivity index (χ1v) is 10.0. The van der Waals surface area contributed by atoms with Crippen LogP contribution in [-0.2, 0) is 20.8 Å². The Morgan fingerprint density at radius 2 is 1.66 bits per heavy atom. The van der Waals surface area contributed by atoms with E-state index < -0.39 is 34.9 Å². The molecule has 0 atom stereocenters. The predicted molar refractivity (Wildman–Crippen MR) is 114 cm³/mol. The van der Waals surface area contributed by atoms with Crippen molar-refractivity contribution < 1.29 is 33.5 Å². The minimum absolute atomic E-state index is 0.0691. The summed E-state index contributed by atoms with van der Waals surface area (Å²) in [6, 6.07) is 4.86. The first-order chi connectivity index (χ1) is 15.2. The molecular formula is C22H26N2O8. The highest BCUT2D eigenvalue weighted by Gasteiger charge is 2.21. The quantitative estimate of drug-likeness (QED) is 0.169. The number of methoxy groups -OCH3 is 1. The van der Waals surface area contributed by atoms with Crippen LogP contribution in [0.25, 0.3) is 0 Å². The van der Waals surface area contributed by atoms with E-state index in [0.29, 0.717) is 18.7 Å². The molecule has 0 spiro atoms. The fourth-order valence-corrected chi connectivity index (χ4v) is 3.25. The number of ketones is 1. The summed E-state index contributed by atoms with van der Waals surface area (Å²) in [6.07, 6.45) is 0.783. The Morgan fingerprint density at radius 3 is 2.22 bits per heavy atom. The van der Waals surface area contributed by atoms with Crippen LogP contribution in [0.2, 0.25) is 0 Å². The topological polar surface area (TPSA) is 127 Å². The summed E-state index contributed by atoms with van der Waals surface area (Å²) in [4.78, 5) is 47.5. The standard InChI is InChI=1S/C22H26N2O8/c1-5-31-21(26)16-10-17(12-18(11-16)24(28)29)22(27)32-13-20(25)19-9-14(2)23(15(19)3)7-6-8-30-4/h9-12H,5-8,13H2,1-4H3. The van der Waals surface area contributed by atoms with E-state index in [2.05, 4.69) is 0 Å². The lowest BCUT2D eigenvalue weighted by Crippen LogP contribution is -2.16. The molecule has 1 aromatic carbocycles. The van der Waals surface area contributed by atoms with E-state index in [-0.39, 0.29) is 17.7 Å². The van der Waals surface area contributed by atoms with Gasteiger partial charge in [0, 0.05) is 49.3 Å². The molecule has 0 radical (unpaired) electrons. The number of carbonyl (C=O) groups excluding carboxylic acids is 3. The van der Waals surface area contributed by atoms with E-state index in [1.165, 1.54) is 0 Å². The predicted octanol–water partition coefficient (Wildman–Crippen LogP) is 3.27. The lowest BCUT2D eigenvalue weighted by atomic mass is 10.1. The number of nitro benzene ring substituents is 1. The van der Waals surface area contributed by atoms with E-state index in [4.69, 9.17) is 14.2 Å². The van der Waals surface area contributed by atoms with Crippen molar-refractivity contribution in [1.29, 1.82) is 0 Å². The fraction of sp³-hybridized carbons (Fsp3) is 0.409. The number of carbonyl (C=O) groups is 3. The van der Waals surface area contributed by atoms with E-state index >= 15 is 0 Å². The normalized spacial score (nSPS) is 10.6. The maximum Gasteiger partial charge on any atom is 0.338 e. The Bertz CT molecular complexity index is 1030. The fourth-order valence-electron chi connectivity index (χ4n) is 3.25. The smallest absolute Gasteiger partial charge is 0.338 e. The number of aryl methyl sites for hydroxylation is 1. The van der Waals surface area contributed by atoms with E-state index in [1.807, 2.05) is 11.5 Å². The van der Waals surface area contributed by atoms with Crippen LogP contribution in [0, 0.1) is 24.0 Å². The SMILES string of the molecule is CCOC(=O)c1cc(C(=O)OCC(=O)c2cc(C)n(CCCOC)c2C)cc([N+](=O)[O-])c1. The minimum Gasteiger partial charge on any atom is -0.462 e. The first-order valence-electron chi connectivity index (χ1n) is 10.0. The zero-order chi connectivity index (χ0) is 23.8. The Balaban J connectivity index is 2.15. The highest BCUT2D eigenvalue weighted by molar-refractivity contribution is 6.01. The summed E-state index contributed by atoms with van der Waals surface area (Å²) in [6.45, 7) is 6.07. The third-order valence-electron chi connectivity index (χ3n) is 4.81. The number of nitro groups is 1. The number of ether oxygens (including phenoxy) is 3. The summed E-state index contributed by atoms with van der Waals surface area (Å²) < 4.78 is 17.0. The highest BCUT2D eigenvalue weighted by Crippen LogP contribution is 2.20. The molecule has 10 nitrogen and oxygen atoms in total. The Labute approximate surface area is 185 Å². The molecule has 0 fully saturated rings. The van der Waals surface area contributed by atoms with Crippen LogP contribution in [0.3, 0.4) is 0 Å². The average molecular weight is 446 g/mol. The molecule has 0 aliphatic carbocycles. The van der Waals surface area contributed by atoms with Gasteiger partial charge >= 0.3 is 11.9 Å². The summed E-state index contributed by atoms with van der Waals surface area (Å²) in [5.41, 5.74) is 1.23. The third kappa shape index (κ3) is 6.01. The first kappa shape index (κ1) is 24.7. The maximum absolute atomic E-state index is 12.6. The molecule has 0 unspecified atom stereocenters. The van der Waals surface area contributed by atoms with Gasteiger partial charge in [0.05, 0.1) is 22.7 Å². The number of esters is 2. The van der Waals surface area contributed by atoms with Crippen LogP contribution < -0.4 is 0 Å². The van der Waals surface area contributed by atoms with Crippen molar-refractivity contribution in [3.8, 4) is 0 Å². The Kier molecular flexibility index (Phi) is 8.65. The zero-order valence-corrected chi connectivity index (χ0v) is 18.5. The molecule has 0 saturated heterocycles. The molecule has 0 amide bonds. The van der Waals surface area contributed by atoms with Crippen LogP contribution in [0.1, 0.15) is 55.8 Å². The van der Waals surface area contributed by atoms with Gasteiger partial charge in [0.2, 0.25) is 5.78 Å². The van der Waals surface area contributed by atoms with Crippen molar-refractivity contribution in [2.24, 2.45) is 0 Å². The van der Waals surface area contributed by atoms with Crippen LogP contribution in [0.15, 0.2) is 24.3 Å². The van der Waals surface area contributed by atoms with Gasteiger partial charge < -0.3 is 18.8 Å². The van der Waals surface area contributed by atoms with Gasteiger partial charge in [0.1, 0.15) is 0 Å². The number of hydrogen-bond acceptors (Lipinski definition) is 8. The Morgan fingerprint density at radius 1 is 1.03 bits per heavy atom. The second kappa shape index (κ2) is 11.2. The van der Waals surface area contributed by atoms with E-state index in [9.17, 15) is 24.5 Å².